The first kappa shape index (κ1) is 16.0. The van der Waals surface area contributed by atoms with E-state index >= 15 is 0 Å². The maximum atomic E-state index is 11.6. The summed E-state index contributed by atoms with van der Waals surface area (Å²) in [6.45, 7) is 0.600. The van der Waals surface area contributed by atoms with Gasteiger partial charge in [0.1, 0.15) is 0 Å². The van der Waals surface area contributed by atoms with Crippen molar-refractivity contribution in [3.8, 4) is 0 Å². The van der Waals surface area contributed by atoms with Crippen LogP contribution in [0.3, 0.4) is 0 Å². The molecule has 2 aromatic rings. The number of aromatic nitrogens is 3. The van der Waals surface area contributed by atoms with Crippen LogP contribution in [0.4, 0.5) is 5.95 Å². The fraction of sp³-hybridized carbons (Fsp3) is 0.250. The number of benzene rings is 1. The van der Waals surface area contributed by atoms with E-state index in [1.165, 1.54) is 11.8 Å². The lowest BCUT2D eigenvalue weighted by molar-refractivity contribution is -0.118. The Labute approximate surface area is 135 Å². The van der Waals surface area contributed by atoms with Crippen molar-refractivity contribution in [2.24, 2.45) is 0 Å². The van der Waals surface area contributed by atoms with Crippen molar-refractivity contribution in [2.45, 2.75) is 10.1 Å². The highest BCUT2D eigenvalue weighted by Crippen LogP contribution is 2.19. The van der Waals surface area contributed by atoms with Crippen LogP contribution in [0.15, 0.2) is 34.3 Å². The number of amides is 1. The number of nitrogens with one attached hydrogen (secondary N) is 2. The summed E-state index contributed by atoms with van der Waals surface area (Å²) in [5, 5.41) is 10.4. The number of thioether (sulfide) groups is 2. The van der Waals surface area contributed by atoms with Gasteiger partial charge < -0.3 is 11.1 Å². The third kappa shape index (κ3) is 5.86. The highest BCUT2D eigenvalue weighted by atomic mass is 35.5. The maximum absolute atomic E-state index is 11.6. The number of aromatic amines is 1. The van der Waals surface area contributed by atoms with Gasteiger partial charge in [0.25, 0.3) is 0 Å². The number of halogens is 1. The Morgan fingerprint density at radius 3 is 2.76 bits per heavy atom. The standard InChI is InChI=1S/C12H14ClN5OS2/c13-8-1-3-9(4-2-8)20-6-5-15-10(19)7-21-12-16-11(14)17-18-12/h1-4H,5-7H2,(H,15,19)(H3,14,16,17,18). The molecular formula is C12H14ClN5OS2. The van der Waals surface area contributed by atoms with Gasteiger partial charge in [-0.1, -0.05) is 23.4 Å². The molecule has 1 aromatic carbocycles. The third-order valence-electron chi connectivity index (χ3n) is 2.32. The number of hydrogen-bond acceptors (Lipinski definition) is 6. The number of rotatable bonds is 7. The topological polar surface area (TPSA) is 96.7 Å². The number of nitrogens with two attached hydrogens (primary N) is 1. The second-order valence-electron chi connectivity index (χ2n) is 3.94. The Balaban J connectivity index is 1.59. The molecule has 21 heavy (non-hydrogen) atoms. The smallest absolute Gasteiger partial charge is 0.230 e. The van der Waals surface area contributed by atoms with Gasteiger partial charge in [0.15, 0.2) is 0 Å². The molecule has 9 heteroatoms. The molecule has 1 aromatic heterocycles. The van der Waals surface area contributed by atoms with Crippen LogP contribution in [-0.4, -0.2) is 39.1 Å². The van der Waals surface area contributed by atoms with Crippen molar-refractivity contribution in [1.29, 1.82) is 0 Å². The van der Waals surface area contributed by atoms with E-state index in [4.69, 9.17) is 17.3 Å². The number of nitrogen functional groups attached to an aromatic ring is 1. The molecule has 0 aliphatic carbocycles. The summed E-state index contributed by atoms with van der Waals surface area (Å²) in [5.74, 6) is 1.26. The summed E-state index contributed by atoms with van der Waals surface area (Å²) >= 11 is 8.71. The van der Waals surface area contributed by atoms with Crippen LogP contribution >= 0.6 is 35.1 Å². The van der Waals surface area contributed by atoms with Crippen LogP contribution in [0.2, 0.25) is 5.02 Å². The molecule has 0 atom stereocenters. The van der Waals surface area contributed by atoms with Crippen LogP contribution in [-0.2, 0) is 4.79 Å². The Bertz CT molecular complexity index is 590. The quantitative estimate of drug-likeness (QED) is 0.526. The zero-order valence-electron chi connectivity index (χ0n) is 11.0. The van der Waals surface area contributed by atoms with Gasteiger partial charge in [-0.25, -0.2) is 5.10 Å². The molecule has 1 amide bonds. The van der Waals surface area contributed by atoms with Gasteiger partial charge in [0.05, 0.1) is 5.75 Å². The average molecular weight is 344 g/mol. The van der Waals surface area contributed by atoms with E-state index in [0.29, 0.717) is 11.7 Å². The summed E-state index contributed by atoms with van der Waals surface area (Å²) in [4.78, 5) is 16.7. The van der Waals surface area contributed by atoms with E-state index < -0.39 is 0 Å². The van der Waals surface area contributed by atoms with Crippen molar-refractivity contribution in [2.75, 3.05) is 23.8 Å². The fourth-order valence-corrected chi connectivity index (χ4v) is 2.92. The van der Waals surface area contributed by atoms with E-state index in [2.05, 4.69) is 20.5 Å². The molecule has 4 N–H and O–H groups in total. The normalized spacial score (nSPS) is 10.5. The second kappa shape index (κ2) is 8.16. The van der Waals surface area contributed by atoms with E-state index in [1.807, 2.05) is 24.3 Å². The number of H-pyrrole nitrogens is 1. The van der Waals surface area contributed by atoms with Gasteiger partial charge >= 0.3 is 0 Å². The lowest BCUT2D eigenvalue weighted by atomic mass is 10.4. The second-order valence-corrected chi connectivity index (χ2v) is 6.49. The molecule has 0 radical (unpaired) electrons. The first-order valence-corrected chi connectivity index (χ1v) is 8.44. The summed E-state index contributed by atoms with van der Waals surface area (Å²) in [6, 6.07) is 7.61. The van der Waals surface area contributed by atoms with Crippen molar-refractivity contribution < 1.29 is 4.79 Å². The van der Waals surface area contributed by atoms with Gasteiger partial charge in [-0.3, -0.25) is 4.79 Å². The van der Waals surface area contributed by atoms with Gasteiger partial charge in [0, 0.05) is 22.2 Å². The molecule has 0 fully saturated rings. The van der Waals surface area contributed by atoms with E-state index in [1.54, 1.807) is 11.8 Å². The van der Waals surface area contributed by atoms with E-state index in [-0.39, 0.29) is 17.6 Å². The SMILES string of the molecule is Nc1nc(SCC(=O)NCCSc2ccc(Cl)cc2)n[nH]1. The molecule has 0 aliphatic heterocycles. The molecule has 0 saturated heterocycles. The molecule has 2 rings (SSSR count). The lowest BCUT2D eigenvalue weighted by Gasteiger charge is -2.04. The minimum absolute atomic E-state index is 0.0555. The predicted octanol–water partition coefficient (Wildman–Crippen LogP) is 2.04. The summed E-state index contributed by atoms with van der Waals surface area (Å²) < 4.78 is 0. The Morgan fingerprint density at radius 1 is 1.33 bits per heavy atom. The monoisotopic (exact) mass is 343 g/mol. The number of carbonyl (C=O) groups excluding carboxylic acids is 1. The highest BCUT2D eigenvalue weighted by molar-refractivity contribution is 7.99. The van der Waals surface area contributed by atoms with Crippen LogP contribution < -0.4 is 11.1 Å². The molecular weight excluding hydrogens is 330 g/mol. The molecule has 0 saturated carbocycles. The first-order chi connectivity index (χ1) is 10.1. The molecule has 0 spiro atoms. The summed E-state index contributed by atoms with van der Waals surface area (Å²) in [5.41, 5.74) is 5.39. The summed E-state index contributed by atoms with van der Waals surface area (Å²) in [7, 11) is 0. The third-order valence-corrected chi connectivity index (χ3v) is 4.43. The Kier molecular flexibility index (Phi) is 6.21. The molecule has 0 unspecified atom stereocenters. The zero-order valence-corrected chi connectivity index (χ0v) is 13.4. The van der Waals surface area contributed by atoms with Crippen molar-refractivity contribution in [3.05, 3.63) is 29.3 Å². The lowest BCUT2D eigenvalue weighted by Crippen LogP contribution is -2.27. The fourth-order valence-electron chi connectivity index (χ4n) is 1.39. The highest BCUT2D eigenvalue weighted by Gasteiger charge is 2.06. The molecule has 6 nitrogen and oxygen atoms in total. The van der Waals surface area contributed by atoms with Crippen molar-refractivity contribution in [3.63, 3.8) is 0 Å². The van der Waals surface area contributed by atoms with Crippen LogP contribution in [0.25, 0.3) is 0 Å². The Hall–Kier alpha value is -1.38. The summed E-state index contributed by atoms with van der Waals surface area (Å²) in [6.07, 6.45) is 0. The van der Waals surface area contributed by atoms with Crippen LogP contribution in [0.5, 0.6) is 0 Å². The van der Waals surface area contributed by atoms with Crippen LogP contribution in [0, 0.1) is 0 Å². The van der Waals surface area contributed by atoms with Crippen LogP contribution in [0.1, 0.15) is 0 Å². The predicted molar refractivity (Wildman–Crippen MR) is 86.7 cm³/mol. The molecule has 0 bridgehead atoms. The van der Waals surface area contributed by atoms with Gasteiger partial charge in [0.2, 0.25) is 17.0 Å². The van der Waals surface area contributed by atoms with Crippen molar-refractivity contribution >= 4 is 47.0 Å². The van der Waals surface area contributed by atoms with Crippen molar-refractivity contribution in [1.82, 2.24) is 20.5 Å². The molecule has 1 heterocycles. The number of hydrogen-bond donors (Lipinski definition) is 3. The number of anilines is 1. The van der Waals surface area contributed by atoms with E-state index in [0.717, 1.165) is 15.7 Å². The number of nitrogens with zero attached hydrogens (tertiary/aromatic N) is 2. The molecule has 112 valence electrons. The first-order valence-electron chi connectivity index (χ1n) is 6.09. The zero-order chi connectivity index (χ0) is 15.1. The average Bonchev–Trinajstić information content (AvgIpc) is 2.89. The van der Waals surface area contributed by atoms with Gasteiger partial charge in [-0.15, -0.1) is 16.9 Å². The van der Waals surface area contributed by atoms with E-state index in [9.17, 15) is 4.79 Å². The minimum atomic E-state index is -0.0555. The van der Waals surface area contributed by atoms with Gasteiger partial charge in [-0.05, 0) is 24.3 Å². The number of carbonyl (C=O) groups is 1. The minimum Gasteiger partial charge on any atom is -0.368 e. The molecule has 0 aliphatic rings. The largest absolute Gasteiger partial charge is 0.368 e. The van der Waals surface area contributed by atoms with Gasteiger partial charge in [-0.2, -0.15) is 4.98 Å². The maximum Gasteiger partial charge on any atom is 0.230 e. The Morgan fingerprint density at radius 2 is 2.10 bits per heavy atom.